The predicted octanol–water partition coefficient (Wildman–Crippen LogP) is 4.47. The monoisotopic (exact) mass is 355 g/mol. The van der Waals surface area contributed by atoms with E-state index < -0.39 is 0 Å². The van der Waals surface area contributed by atoms with Crippen LogP contribution >= 0.6 is 0 Å². The minimum atomic E-state index is -0.308. The molecule has 26 heavy (non-hydrogen) atoms. The Kier molecular flexibility index (Phi) is 6.64. The molecule has 3 nitrogen and oxygen atoms in total. The minimum absolute atomic E-state index is 0.200. The third kappa shape index (κ3) is 5.58. The van der Waals surface area contributed by atoms with Crippen LogP contribution in [0.25, 0.3) is 0 Å². The minimum Gasteiger partial charge on any atom is -0.493 e. The Bertz CT molecular complexity index is 696. The Hall–Kier alpha value is -2.36. The summed E-state index contributed by atoms with van der Waals surface area (Å²) in [7, 11) is 0. The van der Waals surface area contributed by atoms with Gasteiger partial charge in [0.25, 0.3) is 0 Å². The molecule has 2 aromatic rings. The number of hydrogen-bond donors (Lipinski definition) is 0. The summed E-state index contributed by atoms with van der Waals surface area (Å²) in [5.41, 5.74) is 1.38. The maximum atomic E-state index is 13.1. The van der Waals surface area contributed by atoms with Crippen LogP contribution in [0.4, 0.5) is 4.39 Å². The van der Waals surface area contributed by atoms with Crippen molar-refractivity contribution in [2.75, 3.05) is 19.7 Å². The molecule has 0 unspecified atom stereocenters. The third-order valence-corrected chi connectivity index (χ3v) is 4.93. The topological polar surface area (TPSA) is 29.5 Å². The standard InChI is InChI=1S/C22H26FNO2/c23-20-8-4-9-21(17-20)26-15-5-10-22(25)24-13-11-19(12-14-24)16-18-6-2-1-3-7-18/h1-4,6-9,17,19H,5,10-16H2. The van der Waals surface area contributed by atoms with Crippen molar-refractivity contribution in [3.8, 4) is 5.75 Å². The van der Waals surface area contributed by atoms with Gasteiger partial charge in [-0.05, 0) is 49.3 Å². The first-order chi connectivity index (χ1) is 12.7. The average molecular weight is 355 g/mol. The van der Waals surface area contributed by atoms with Crippen LogP contribution in [0.5, 0.6) is 5.75 Å². The number of rotatable bonds is 7. The fraction of sp³-hybridized carbons (Fsp3) is 0.409. The highest BCUT2D eigenvalue weighted by molar-refractivity contribution is 5.76. The summed E-state index contributed by atoms with van der Waals surface area (Å²) in [4.78, 5) is 14.3. The van der Waals surface area contributed by atoms with Crippen LogP contribution < -0.4 is 4.74 Å². The summed E-state index contributed by atoms with van der Waals surface area (Å²) in [6.07, 6.45) is 4.38. The molecule has 1 fully saturated rings. The van der Waals surface area contributed by atoms with E-state index in [4.69, 9.17) is 4.74 Å². The number of piperidine rings is 1. The molecule has 0 radical (unpaired) electrons. The number of carbonyl (C=O) groups excluding carboxylic acids is 1. The van der Waals surface area contributed by atoms with Crippen molar-refractivity contribution in [2.24, 2.45) is 5.92 Å². The zero-order chi connectivity index (χ0) is 18.2. The Morgan fingerprint density at radius 3 is 2.58 bits per heavy atom. The van der Waals surface area contributed by atoms with Gasteiger partial charge in [-0.25, -0.2) is 4.39 Å². The van der Waals surface area contributed by atoms with Crippen molar-refractivity contribution in [2.45, 2.75) is 32.1 Å². The summed E-state index contributed by atoms with van der Waals surface area (Å²) in [6.45, 7) is 2.13. The molecule has 1 aliphatic heterocycles. The molecule has 0 N–H and O–H groups in total. The van der Waals surface area contributed by atoms with E-state index in [1.54, 1.807) is 12.1 Å². The van der Waals surface area contributed by atoms with Gasteiger partial charge in [-0.15, -0.1) is 0 Å². The summed E-state index contributed by atoms with van der Waals surface area (Å²) < 4.78 is 18.6. The molecule has 3 rings (SSSR count). The van der Waals surface area contributed by atoms with Crippen molar-refractivity contribution in [3.63, 3.8) is 0 Å². The largest absolute Gasteiger partial charge is 0.493 e. The van der Waals surface area contributed by atoms with E-state index in [9.17, 15) is 9.18 Å². The van der Waals surface area contributed by atoms with Crippen LogP contribution in [0.1, 0.15) is 31.2 Å². The van der Waals surface area contributed by atoms with Crippen LogP contribution in [-0.2, 0) is 11.2 Å². The Morgan fingerprint density at radius 1 is 1.08 bits per heavy atom. The van der Waals surface area contributed by atoms with Gasteiger partial charge in [0.2, 0.25) is 5.91 Å². The molecule has 0 aliphatic carbocycles. The van der Waals surface area contributed by atoms with Crippen LogP contribution in [0.3, 0.4) is 0 Å². The second kappa shape index (κ2) is 9.37. The average Bonchev–Trinajstić information content (AvgIpc) is 2.66. The van der Waals surface area contributed by atoms with Crippen LogP contribution in [-0.4, -0.2) is 30.5 Å². The fourth-order valence-electron chi connectivity index (χ4n) is 3.46. The van der Waals surface area contributed by atoms with Gasteiger partial charge in [0.15, 0.2) is 0 Å². The normalized spacial score (nSPS) is 15.0. The lowest BCUT2D eigenvalue weighted by Crippen LogP contribution is -2.38. The quantitative estimate of drug-likeness (QED) is 0.686. The summed E-state index contributed by atoms with van der Waals surface area (Å²) in [6, 6.07) is 16.7. The van der Waals surface area contributed by atoms with Gasteiger partial charge in [0.1, 0.15) is 11.6 Å². The van der Waals surface area contributed by atoms with Crippen LogP contribution in [0, 0.1) is 11.7 Å². The molecular weight excluding hydrogens is 329 g/mol. The van der Waals surface area contributed by atoms with Gasteiger partial charge >= 0.3 is 0 Å². The molecule has 0 aromatic heterocycles. The molecule has 4 heteroatoms. The predicted molar refractivity (Wildman–Crippen MR) is 101 cm³/mol. The zero-order valence-corrected chi connectivity index (χ0v) is 15.1. The van der Waals surface area contributed by atoms with E-state index in [2.05, 4.69) is 24.3 Å². The van der Waals surface area contributed by atoms with Gasteiger partial charge in [0, 0.05) is 25.6 Å². The number of hydrogen-bond acceptors (Lipinski definition) is 2. The molecule has 0 spiro atoms. The molecule has 1 amide bonds. The van der Waals surface area contributed by atoms with Crippen molar-refractivity contribution in [1.82, 2.24) is 4.90 Å². The highest BCUT2D eigenvalue weighted by Gasteiger charge is 2.22. The van der Waals surface area contributed by atoms with E-state index >= 15 is 0 Å². The molecule has 0 bridgehead atoms. The molecular formula is C22H26FNO2. The highest BCUT2D eigenvalue weighted by Crippen LogP contribution is 2.22. The lowest BCUT2D eigenvalue weighted by atomic mass is 9.90. The van der Waals surface area contributed by atoms with E-state index in [1.165, 1.54) is 17.7 Å². The lowest BCUT2D eigenvalue weighted by Gasteiger charge is -2.32. The second-order valence-electron chi connectivity index (χ2n) is 6.92. The maximum Gasteiger partial charge on any atom is 0.222 e. The SMILES string of the molecule is O=C(CCCOc1cccc(F)c1)N1CCC(Cc2ccccc2)CC1. The number of benzene rings is 2. The van der Waals surface area contributed by atoms with E-state index in [0.29, 0.717) is 31.1 Å². The molecule has 1 aliphatic rings. The smallest absolute Gasteiger partial charge is 0.222 e. The molecule has 1 saturated heterocycles. The lowest BCUT2D eigenvalue weighted by molar-refractivity contribution is -0.132. The number of amides is 1. The summed E-state index contributed by atoms with van der Waals surface area (Å²) in [5.74, 6) is 1.07. The van der Waals surface area contributed by atoms with Crippen molar-refractivity contribution in [1.29, 1.82) is 0 Å². The second-order valence-corrected chi connectivity index (χ2v) is 6.92. The number of likely N-dealkylation sites (tertiary alicyclic amines) is 1. The van der Waals surface area contributed by atoms with E-state index in [-0.39, 0.29) is 11.7 Å². The first-order valence-corrected chi connectivity index (χ1v) is 9.41. The summed E-state index contributed by atoms with van der Waals surface area (Å²) in [5, 5.41) is 0. The zero-order valence-electron chi connectivity index (χ0n) is 15.1. The first kappa shape index (κ1) is 18.4. The Balaban J connectivity index is 1.33. The Morgan fingerprint density at radius 2 is 1.85 bits per heavy atom. The third-order valence-electron chi connectivity index (χ3n) is 4.93. The maximum absolute atomic E-state index is 13.1. The molecule has 138 valence electrons. The van der Waals surface area contributed by atoms with E-state index in [0.717, 1.165) is 32.4 Å². The fourth-order valence-corrected chi connectivity index (χ4v) is 3.46. The van der Waals surface area contributed by atoms with Gasteiger partial charge in [-0.2, -0.15) is 0 Å². The number of ether oxygens (including phenoxy) is 1. The van der Waals surface area contributed by atoms with Gasteiger partial charge < -0.3 is 9.64 Å². The molecule has 0 saturated carbocycles. The van der Waals surface area contributed by atoms with Crippen LogP contribution in [0.15, 0.2) is 54.6 Å². The molecule has 2 aromatic carbocycles. The number of carbonyl (C=O) groups is 1. The van der Waals surface area contributed by atoms with Gasteiger partial charge in [-0.3, -0.25) is 4.79 Å². The van der Waals surface area contributed by atoms with Gasteiger partial charge in [0.05, 0.1) is 6.61 Å². The van der Waals surface area contributed by atoms with Crippen LogP contribution in [0.2, 0.25) is 0 Å². The first-order valence-electron chi connectivity index (χ1n) is 9.41. The van der Waals surface area contributed by atoms with Crippen molar-refractivity contribution < 1.29 is 13.9 Å². The Labute approximate surface area is 154 Å². The van der Waals surface area contributed by atoms with Gasteiger partial charge in [-0.1, -0.05) is 36.4 Å². The molecule has 0 atom stereocenters. The number of nitrogens with zero attached hydrogens (tertiary/aromatic N) is 1. The van der Waals surface area contributed by atoms with Crippen molar-refractivity contribution >= 4 is 5.91 Å². The number of halogens is 1. The summed E-state index contributed by atoms with van der Waals surface area (Å²) >= 11 is 0. The molecule has 1 heterocycles. The highest BCUT2D eigenvalue weighted by atomic mass is 19.1. The van der Waals surface area contributed by atoms with Crippen molar-refractivity contribution in [3.05, 3.63) is 66.0 Å². The van der Waals surface area contributed by atoms with E-state index in [1.807, 2.05) is 11.0 Å².